The Morgan fingerprint density at radius 2 is 1.60 bits per heavy atom. The van der Waals surface area contributed by atoms with Crippen LogP contribution in [-0.4, -0.2) is 13.4 Å². The summed E-state index contributed by atoms with van der Waals surface area (Å²) in [6.45, 7) is 4.03. The molecule has 0 aliphatic carbocycles. The number of methoxy groups -OCH3 is 1. The van der Waals surface area contributed by atoms with E-state index < -0.39 is 0 Å². The van der Waals surface area contributed by atoms with Crippen LogP contribution in [0, 0.1) is 13.8 Å². The maximum atomic E-state index is 11.0. The van der Waals surface area contributed by atoms with Gasteiger partial charge >= 0.3 is 0 Å². The first-order valence-electron chi connectivity index (χ1n) is 6.54. The Hall–Kier alpha value is -2.35. The molecule has 0 atom stereocenters. The van der Waals surface area contributed by atoms with Crippen LogP contribution in [0.4, 0.5) is 0 Å². The minimum absolute atomic E-state index is 0.831. The topological polar surface area (TPSA) is 26.3 Å². The Balaban J connectivity index is 2.57. The van der Waals surface area contributed by atoms with Crippen molar-refractivity contribution in [1.29, 1.82) is 0 Å². The Labute approximate surface area is 119 Å². The Bertz CT molecular complexity index is 617. The lowest BCUT2D eigenvalue weighted by Crippen LogP contribution is -1.95. The van der Waals surface area contributed by atoms with E-state index >= 15 is 0 Å². The summed E-state index contributed by atoms with van der Waals surface area (Å²) in [6, 6.07) is 14.0. The van der Waals surface area contributed by atoms with Gasteiger partial charge in [-0.05, 0) is 59.9 Å². The zero-order valence-corrected chi connectivity index (χ0v) is 12.0. The fraction of sp³-hybridized carbons (Fsp3) is 0.167. The molecule has 0 saturated carbocycles. The molecule has 0 unspecified atom stereocenters. The number of aryl methyl sites for hydroxylation is 2. The summed E-state index contributed by atoms with van der Waals surface area (Å²) in [5.74, 6) is 0.896. The summed E-state index contributed by atoms with van der Waals surface area (Å²) in [6.07, 6.45) is 2.44. The largest absolute Gasteiger partial charge is 0.496 e. The molecule has 2 rings (SSSR count). The van der Waals surface area contributed by atoms with Gasteiger partial charge in [-0.3, -0.25) is 4.79 Å². The first-order chi connectivity index (χ1) is 9.67. The smallest absolute Gasteiger partial charge is 0.143 e. The molecule has 0 amide bonds. The van der Waals surface area contributed by atoms with Gasteiger partial charge < -0.3 is 4.74 Å². The predicted molar refractivity (Wildman–Crippen MR) is 82.1 cm³/mol. The third-order valence-electron chi connectivity index (χ3n) is 3.29. The summed E-state index contributed by atoms with van der Waals surface area (Å²) in [4.78, 5) is 11.0. The molecule has 0 aliphatic heterocycles. The van der Waals surface area contributed by atoms with Crippen LogP contribution in [0.2, 0.25) is 0 Å². The van der Waals surface area contributed by atoms with E-state index in [1.807, 2.05) is 56.3 Å². The molecule has 2 nitrogen and oxygen atoms in total. The van der Waals surface area contributed by atoms with E-state index in [9.17, 15) is 4.79 Å². The first-order valence-corrected chi connectivity index (χ1v) is 6.54. The normalized spacial score (nSPS) is 11.2. The fourth-order valence-corrected chi connectivity index (χ4v) is 2.47. The summed E-state index contributed by atoms with van der Waals surface area (Å²) in [7, 11) is 1.67. The highest BCUT2D eigenvalue weighted by atomic mass is 16.5. The van der Waals surface area contributed by atoms with Gasteiger partial charge in [0.05, 0.1) is 7.11 Å². The number of rotatable bonds is 4. The molecule has 0 N–H and O–H groups in total. The zero-order chi connectivity index (χ0) is 14.5. The lowest BCUT2D eigenvalue weighted by atomic mass is 9.94. The van der Waals surface area contributed by atoms with Crippen LogP contribution in [0.25, 0.3) is 5.57 Å². The van der Waals surface area contributed by atoms with Gasteiger partial charge in [-0.25, -0.2) is 0 Å². The molecule has 0 bridgehead atoms. The van der Waals surface area contributed by atoms with Gasteiger partial charge in [0.25, 0.3) is 0 Å². The summed E-state index contributed by atoms with van der Waals surface area (Å²) in [5, 5.41) is 0. The van der Waals surface area contributed by atoms with Crippen LogP contribution in [0.5, 0.6) is 5.75 Å². The van der Waals surface area contributed by atoms with Crippen molar-refractivity contribution in [3.8, 4) is 5.75 Å². The van der Waals surface area contributed by atoms with E-state index in [0.717, 1.165) is 39.9 Å². The van der Waals surface area contributed by atoms with Crippen LogP contribution < -0.4 is 4.74 Å². The number of ether oxygens (including phenoxy) is 1. The monoisotopic (exact) mass is 266 g/mol. The molecule has 0 aliphatic rings. The average Bonchev–Trinajstić information content (AvgIpc) is 2.45. The summed E-state index contributed by atoms with van der Waals surface area (Å²) >= 11 is 0. The van der Waals surface area contributed by atoms with Crippen LogP contribution in [-0.2, 0) is 4.79 Å². The minimum Gasteiger partial charge on any atom is -0.496 e. The van der Waals surface area contributed by atoms with Crippen molar-refractivity contribution < 1.29 is 9.53 Å². The predicted octanol–water partition coefficient (Wildman–Crippen LogP) is 3.94. The molecule has 0 radical (unpaired) electrons. The number of allylic oxidation sites excluding steroid dienone is 1. The number of aldehydes is 1. The van der Waals surface area contributed by atoms with Crippen molar-refractivity contribution in [2.45, 2.75) is 13.8 Å². The number of hydrogen-bond acceptors (Lipinski definition) is 2. The second kappa shape index (κ2) is 6.20. The Morgan fingerprint density at radius 3 is 2.10 bits per heavy atom. The number of carbonyl (C=O) groups is 1. The fourth-order valence-electron chi connectivity index (χ4n) is 2.47. The van der Waals surface area contributed by atoms with Crippen LogP contribution in [0.3, 0.4) is 0 Å². The van der Waals surface area contributed by atoms with Crippen LogP contribution in [0.1, 0.15) is 22.3 Å². The Kier molecular flexibility index (Phi) is 4.36. The quantitative estimate of drug-likeness (QED) is 0.619. The number of carbonyl (C=O) groups excluding carboxylic acids is 1. The number of benzene rings is 2. The van der Waals surface area contributed by atoms with Crippen LogP contribution >= 0.6 is 0 Å². The van der Waals surface area contributed by atoms with E-state index in [0.29, 0.717) is 0 Å². The van der Waals surface area contributed by atoms with Gasteiger partial charge in [-0.15, -0.1) is 0 Å². The molecule has 0 fully saturated rings. The molecule has 2 aromatic carbocycles. The lowest BCUT2D eigenvalue weighted by molar-refractivity contribution is -0.104. The van der Waals surface area contributed by atoms with E-state index in [1.165, 1.54) is 0 Å². The van der Waals surface area contributed by atoms with Gasteiger partial charge in [0, 0.05) is 0 Å². The van der Waals surface area contributed by atoms with Crippen molar-refractivity contribution in [1.82, 2.24) is 0 Å². The second-order valence-electron chi connectivity index (χ2n) is 4.73. The van der Waals surface area contributed by atoms with Crippen LogP contribution in [0.15, 0.2) is 48.5 Å². The van der Waals surface area contributed by atoms with E-state index in [-0.39, 0.29) is 0 Å². The first kappa shape index (κ1) is 14.1. The molecule has 0 saturated heterocycles. The third-order valence-corrected chi connectivity index (χ3v) is 3.29. The molecule has 0 aromatic heterocycles. The molecule has 0 heterocycles. The molecule has 2 aromatic rings. The minimum atomic E-state index is 0.831. The van der Waals surface area contributed by atoms with E-state index in [1.54, 1.807) is 13.2 Å². The maximum Gasteiger partial charge on any atom is 0.143 e. The van der Waals surface area contributed by atoms with Crippen molar-refractivity contribution in [2.75, 3.05) is 7.11 Å². The second-order valence-corrected chi connectivity index (χ2v) is 4.73. The highest BCUT2D eigenvalue weighted by molar-refractivity contribution is 5.90. The van der Waals surface area contributed by atoms with Crippen molar-refractivity contribution in [3.63, 3.8) is 0 Å². The third kappa shape index (κ3) is 2.80. The van der Waals surface area contributed by atoms with Gasteiger partial charge in [0.2, 0.25) is 0 Å². The van der Waals surface area contributed by atoms with E-state index in [2.05, 4.69) is 0 Å². The zero-order valence-electron chi connectivity index (χ0n) is 12.0. The highest BCUT2D eigenvalue weighted by Gasteiger charge is 2.10. The SMILES string of the molecule is COc1c(C)cc(/C(=C/C=O)c2ccccc2)cc1C. The van der Waals surface area contributed by atoms with Gasteiger partial charge in [0.1, 0.15) is 12.0 Å². The van der Waals surface area contributed by atoms with E-state index in [4.69, 9.17) is 4.74 Å². The molecule has 20 heavy (non-hydrogen) atoms. The Morgan fingerprint density at radius 1 is 1.00 bits per heavy atom. The molecular formula is C18H18O2. The average molecular weight is 266 g/mol. The van der Waals surface area contributed by atoms with Crippen molar-refractivity contribution >= 4 is 11.9 Å². The molecule has 102 valence electrons. The summed E-state index contributed by atoms with van der Waals surface area (Å²) < 4.78 is 5.39. The van der Waals surface area contributed by atoms with Crippen molar-refractivity contribution in [3.05, 3.63) is 70.8 Å². The van der Waals surface area contributed by atoms with Gasteiger partial charge in [-0.2, -0.15) is 0 Å². The highest BCUT2D eigenvalue weighted by Crippen LogP contribution is 2.30. The molecular weight excluding hydrogens is 248 g/mol. The lowest BCUT2D eigenvalue weighted by Gasteiger charge is -2.13. The van der Waals surface area contributed by atoms with Gasteiger partial charge in [0.15, 0.2) is 0 Å². The summed E-state index contributed by atoms with van der Waals surface area (Å²) in [5.41, 5.74) is 5.11. The number of hydrogen-bond donors (Lipinski definition) is 0. The molecule has 0 spiro atoms. The standard InChI is InChI=1S/C18H18O2/c1-13-11-16(12-14(2)18(13)20-3)17(9-10-19)15-7-5-4-6-8-15/h4-12H,1-3H3/b17-9+. The molecule has 2 heteroatoms. The maximum absolute atomic E-state index is 11.0. The van der Waals surface area contributed by atoms with Gasteiger partial charge in [-0.1, -0.05) is 30.3 Å². The van der Waals surface area contributed by atoms with Crippen molar-refractivity contribution in [2.24, 2.45) is 0 Å².